The molecule has 0 radical (unpaired) electrons. The molecule has 0 bridgehead atoms. The van der Waals surface area contributed by atoms with E-state index in [0.29, 0.717) is 5.16 Å². The molecule has 0 unspecified atom stereocenters. The van der Waals surface area contributed by atoms with E-state index < -0.39 is 0 Å². The zero-order valence-corrected chi connectivity index (χ0v) is 18.6. The average Bonchev–Trinajstić information content (AvgIpc) is 3.17. The molecule has 6 nitrogen and oxygen atoms in total. The number of aromatic nitrogens is 3. The number of benzene rings is 2. The van der Waals surface area contributed by atoms with E-state index in [0.717, 1.165) is 35.5 Å². The van der Waals surface area contributed by atoms with Crippen LogP contribution in [0.5, 0.6) is 0 Å². The van der Waals surface area contributed by atoms with Crippen molar-refractivity contribution in [1.29, 1.82) is 0 Å². The molecule has 2 heterocycles. The molecule has 0 fully saturated rings. The van der Waals surface area contributed by atoms with Crippen LogP contribution in [0.25, 0.3) is 0 Å². The molecule has 0 spiro atoms. The lowest BCUT2D eigenvalue weighted by atomic mass is 10.0. The fourth-order valence-electron chi connectivity index (χ4n) is 3.57. The summed E-state index contributed by atoms with van der Waals surface area (Å²) in [6, 6.07) is 14.3. The van der Waals surface area contributed by atoms with Gasteiger partial charge in [0, 0.05) is 12.1 Å². The molecule has 2 atom stereocenters. The van der Waals surface area contributed by atoms with Crippen LogP contribution in [-0.4, -0.2) is 26.0 Å². The Morgan fingerprint density at radius 1 is 1.07 bits per heavy atom. The number of aryl methyl sites for hydroxylation is 4. The Bertz CT molecular complexity index is 1060. The Balaban J connectivity index is 1.66. The highest BCUT2D eigenvalue weighted by molar-refractivity contribution is 8.00. The van der Waals surface area contributed by atoms with Crippen LogP contribution >= 0.6 is 11.8 Å². The van der Waals surface area contributed by atoms with Gasteiger partial charge in [0.15, 0.2) is 5.82 Å². The third-order valence-electron chi connectivity index (χ3n) is 5.60. The summed E-state index contributed by atoms with van der Waals surface area (Å²) in [6.07, 6.45) is 1.75. The summed E-state index contributed by atoms with van der Waals surface area (Å²) in [5, 5.41) is 12.0. The molecular formula is C23H27N5OS. The second-order valence-corrected chi connectivity index (χ2v) is 8.73. The summed E-state index contributed by atoms with van der Waals surface area (Å²) < 4.78 is 1.92. The molecule has 156 valence electrons. The van der Waals surface area contributed by atoms with E-state index in [-0.39, 0.29) is 17.2 Å². The summed E-state index contributed by atoms with van der Waals surface area (Å²) in [6.45, 7) is 8.30. The highest BCUT2D eigenvalue weighted by Gasteiger charge is 2.37. The van der Waals surface area contributed by atoms with Crippen molar-refractivity contribution in [3.63, 3.8) is 0 Å². The maximum atomic E-state index is 13.3. The van der Waals surface area contributed by atoms with Gasteiger partial charge in [0.1, 0.15) is 5.25 Å². The van der Waals surface area contributed by atoms with Gasteiger partial charge in [0.05, 0.1) is 6.04 Å². The molecule has 2 aromatic carbocycles. The first kappa shape index (κ1) is 20.5. The van der Waals surface area contributed by atoms with E-state index in [1.165, 1.54) is 22.9 Å². The Morgan fingerprint density at radius 3 is 2.50 bits per heavy atom. The lowest BCUT2D eigenvalue weighted by Gasteiger charge is -2.33. The number of nitrogens with zero attached hydrogens (tertiary/aromatic N) is 3. The van der Waals surface area contributed by atoms with Crippen LogP contribution in [0, 0.1) is 13.8 Å². The van der Waals surface area contributed by atoms with Crippen molar-refractivity contribution in [3.05, 3.63) is 70.5 Å². The maximum Gasteiger partial charge on any atom is 0.240 e. The molecule has 4 rings (SSSR count). The van der Waals surface area contributed by atoms with Gasteiger partial charge in [0.25, 0.3) is 0 Å². The highest BCUT2D eigenvalue weighted by Crippen LogP contribution is 2.37. The van der Waals surface area contributed by atoms with Crippen molar-refractivity contribution in [2.75, 3.05) is 10.7 Å². The van der Waals surface area contributed by atoms with Crippen LogP contribution in [0.3, 0.4) is 0 Å². The largest absolute Gasteiger partial charge is 0.325 e. The summed E-state index contributed by atoms with van der Waals surface area (Å²) in [5.41, 5.74) is 9.01. The van der Waals surface area contributed by atoms with Gasteiger partial charge in [-0.15, -0.1) is 10.2 Å². The van der Waals surface area contributed by atoms with Crippen LogP contribution in [0.1, 0.15) is 48.0 Å². The minimum absolute atomic E-state index is 0.0485. The van der Waals surface area contributed by atoms with E-state index in [9.17, 15) is 4.79 Å². The minimum Gasteiger partial charge on any atom is -0.325 e. The fourth-order valence-corrected chi connectivity index (χ4v) is 4.67. The van der Waals surface area contributed by atoms with Crippen molar-refractivity contribution in [2.24, 2.45) is 0 Å². The molecule has 2 N–H and O–H groups in total. The van der Waals surface area contributed by atoms with Crippen LogP contribution in [0.4, 0.5) is 5.69 Å². The van der Waals surface area contributed by atoms with Crippen molar-refractivity contribution in [1.82, 2.24) is 14.9 Å². The molecular weight excluding hydrogens is 394 g/mol. The average molecular weight is 422 g/mol. The van der Waals surface area contributed by atoms with Gasteiger partial charge < -0.3 is 10.7 Å². The summed E-state index contributed by atoms with van der Waals surface area (Å²) in [5.74, 6) is 0.813. The van der Waals surface area contributed by atoms with Crippen molar-refractivity contribution >= 4 is 23.4 Å². The van der Waals surface area contributed by atoms with E-state index in [1.807, 2.05) is 29.8 Å². The minimum atomic E-state index is -0.375. The quantitative estimate of drug-likeness (QED) is 0.638. The van der Waals surface area contributed by atoms with E-state index in [1.54, 1.807) is 0 Å². The smallest absolute Gasteiger partial charge is 0.240 e. The molecule has 30 heavy (non-hydrogen) atoms. The predicted molar refractivity (Wildman–Crippen MR) is 122 cm³/mol. The summed E-state index contributed by atoms with van der Waals surface area (Å²) >= 11 is 1.46. The third kappa shape index (κ3) is 3.94. The van der Waals surface area contributed by atoms with Crippen molar-refractivity contribution in [3.8, 4) is 0 Å². The lowest BCUT2D eigenvalue weighted by molar-refractivity contribution is -0.116. The number of nitrogens with one attached hydrogen (secondary N) is 2. The van der Waals surface area contributed by atoms with Gasteiger partial charge in [-0.25, -0.2) is 4.68 Å². The topological polar surface area (TPSA) is 71.8 Å². The predicted octanol–water partition coefficient (Wildman–Crippen LogP) is 4.42. The SMILES string of the molecule is CCc1ccc([C@@H]2Nn3c(CC)nnc3S[C@@H]2C(=O)Nc2ccc(C)c(C)c2)cc1. The van der Waals surface area contributed by atoms with Gasteiger partial charge in [-0.3, -0.25) is 4.79 Å². The zero-order chi connectivity index (χ0) is 21.3. The van der Waals surface area contributed by atoms with E-state index in [4.69, 9.17) is 0 Å². The number of carbonyl (C=O) groups is 1. The maximum absolute atomic E-state index is 13.3. The first-order chi connectivity index (χ1) is 14.5. The Morgan fingerprint density at radius 2 is 1.83 bits per heavy atom. The van der Waals surface area contributed by atoms with Crippen LogP contribution in [0.2, 0.25) is 0 Å². The standard InChI is InChI=1S/C23H27N5OS/c1-5-16-8-10-17(11-9-16)20-21(30-23-26-25-19(6-2)28(23)27-20)22(29)24-18-12-7-14(3)15(4)13-18/h7-13,20-21,27H,5-6H2,1-4H3,(H,24,29)/t20-,21-/m0/s1. The molecule has 1 aliphatic rings. The summed E-state index contributed by atoms with van der Waals surface area (Å²) in [4.78, 5) is 13.3. The monoisotopic (exact) mass is 421 g/mol. The molecule has 0 saturated carbocycles. The molecule has 1 aliphatic heterocycles. The Kier molecular flexibility index (Phi) is 5.81. The number of hydrogen-bond donors (Lipinski definition) is 2. The van der Waals surface area contributed by atoms with E-state index in [2.05, 4.69) is 66.0 Å². The van der Waals surface area contributed by atoms with Gasteiger partial charge in [-0.05, 0) is 54.7 Å². The van der Waals surface area contributed by atoms with Crippen LogP contribution < -0.4 is 10.7 Å². The normalized spacial score (nSPS) is 17.9. The summed E-state index contributed by atoms with van der Waals surface area (Å²) in [7, 11) is 0. The van der Waals surface area contributed by atoms with E-state index >= 15 is 0 Å². The second-order valence-electron chi connectivity index (χ2n) is 7.62. The number of anilines is 1. The molecule has 3 aromatic rings. The molecule has 1 amide bonds. The Labute approximate surface area is 181 Å². The number of hydrogen-bond acceptors (Lipinski definition) is 5. The first-order valence-corrected chi connectivity index (χ1v) is 11.2. The highest BCUT2D eigenvalue weighted by atomic mass is 32.2. The van der Waals surface area contributed by atoms with Crippen LogP contribution in [-0.2, 0) is 17.6 Å². The fraction of sp³-hybridized carbons (Fsp3) is 0.348. The molecule has 0 aliphatic carbocycles. The van der Waals surface area contributed by atoms with Crippen LogP contribution in [0.15, 0.2) is 47.6 Å². The second kappa shape index (κ2) is 8.52. The van der Waals surface area contributed by atoms with Gasteiger partial charge in [-0.2, -0.15) is 0 Å². The first-order valence-electron chi connectivity index (χ1n) is 10.3. The number of amides is 1. The van der Waals surface area contributed by atoms with Crippen molar-refractivity contribution < 1.29 is 4.79 Å². The zero-order valence-electron chi connectivity index (χ0n) is 17.8. The number of thioether (sulfide) groups is 1. The number of rotatable bonds is 5. The Hall–Kier alpha value is -2.80. The van der Waals surface area contributed by atoms with Gasteiger partial charge >= 0.3 is 0 Å². The van der Waals surface area contributed by atoms with Gasteiger partial charge in [-0.1, -0.05) is 55.9 Å². The third-order valence-corrected chi connectivity index (χ3v) is 6.82. The number of fused-ring (bicyclic) bond motifs is 1. The van der Waals surface area contributed by atoms with Gasteiger partial charge in [0.2, 0.25) is 11.1 Å². The van der Waals surface area contributed by atoms with Crippen molar-refractivity contribution in [2.45, 2.75) is 57.0 Å². The molecule has 0 saturated heterocycles. The molecule has 1 aromatic heterocycles. The lowest BCUT2D eigenvalue weighted by Crippen LogP contribution is -2.41. The molecule has 7 heteroatoms. The number of carbonyl (C=O) groups excluding carboxylic acids is 1.